The molecule has 0 aliphatic rings. The topological polar surface area (TPSA) is 124 Å². The Kier molecular flexibility index (Phi) is 7.56. The van der Waals surface area contributed by atoms with Crippen molar-refractivity contribution in [2.75, 3.05) is 0 Å². The number of aromatic carboxylic acids is 1. The number of carbonyl (C=O) groups is 3. The van der Waals surface area contributed by atoms with Crippen LogP contribution in [-0.2, 0) is 16.0 Å². The Labute approximate surface area is 138 Å². The Balaban J connectivity index is 2.65. The van der Waals surface area contributed by atoms with Gasteiger partial charge in [-0.25, -0.2) is 10.3 Å². The highest BCUT2D eigenvalue weighted by molar-refractivity contribution is 7.81. The molecule has 126 valence electrons. The van der Waals surface area contributed by atoms with E-state index < -0.39 is 23.8 Å². The first-order valence-electron chi connectivity index (χ1n) is 6.99. The van der Waals surface area contributed by atoms with Crippen molar-refractivity contribution in [2.24, 2.45) is 5.92 Å². The third-order valence-electron chi connectivity index (χ3n) is 3.40. The van der Waals surface area contributed by atoms with Gasteiger partial charge in [0.15, 0.2) is 0 Å². The van der Waals surface area contributed by atoms with E-state index in [2.05, 4.69) is 12.6 Å². The highest BCUT2D eigenvalue weighted by Crippen LogP contribution is 2.20. The SMILES string of the molecule is O=C(CC(S)CCC(Cc1cccc(C(=O)O)c1)C(=O)O)NO. The summed E-state index contributed by atoms with van der Waals surface area (Å²) in [7, 11) is 0. The van der Waals surface area contributed by atoms with Gasteiger partial charge in [0.1, 0.15) is 0 Å². The van der Waals surface area contributed by atoms with E-state index in [1.165, 1.54) is 17.6 Å². The molecule has 1 aromatic rings. The zero-order chi connectivity index (χ0) is 17.4. The minimum Gasteiger partial charge on any atom is -0.481 e. The maximum absolute atomic E-state index is 11.4. The van der Waals surface area contributed by atoms with E-state index in [-0.39, 0.29) is 23.7 Å². The highest BCUT2D eigenvalue weighted by Gasteiger charge is 2.20. The Hall–Kier alpha value is -2.06. The number of hydrogen-bond donors (Lipinski definition) is 5. The van der Waals surface area contributed by atoms with Gasteiger partial charge < -0.3 is 10.2 Å². The summed E-state index contributed by atoms with van der Waals surface area (Å²) in [6.07, 6.45) is 0.856. The van der Waals surface area contributed by atoms with Crippen LogP contribution in [0.1, 0.15) is 35.2 Å². The lowest BCUT2D eigenvalue weighted by Gasteiger charge is -2.15. The monoisotopic (exact) mass is 341 g/mol. The molecular weight excluding hydrogens is 322 g/mol. The molecule has 0 heterocycles. The van der Waals surface area contributed by atoms with Crippen molar-refractivity contribution in [2.45, 2.75) is 30.9 Å². The van der Waals surface area contributed by atoms with Crippen LogP contribution >= 0.6 is 12.6 Å². The van der Waals surface area contributed by atoms with Crippen LogP contribution in [0.5, 0.6) is 0 Å². The van der Waals surface area contributed by atoms with E-state index >= 15 is 0 Å². The van der Waals surface area contributed by atoms with Gasteiger partial charge in [-0.05, 0) is 37.0 Å². The summed E-state index contributed by atoms with van der Waals surface area (Å²) in [5.41, 5.74) is 2.24. The average molecular weight is 341 g/mol. The largest absolute Gasteiger partial charge is 0.481 e. The van der Waals surface area contributed by atoms with Gasteiger partial charge in [0, 0.05) is 11.7 Å². The van der Waals surface area contributed by atoms with Crippen molar-refractivity contribution in [3.8, 4) is 0 Å². The van der Waals surface area contributed by atoms with E-state index in [9.17, 15) is 19.5 Å². The summed E-state index contributed by atoms with van der Waals surface area (Å²) in [4.78, 5) is 33.3. The van der Waals surface area contributed by atoms with Crippen LogP contribution in [-0.4, -0.2) is 38.5 Å². The van der Waals surface area contributed by atoms with Crippen molar-refractivity contribution in [1.29, 1.82) is 0 Å². The normalized spacial score (nSPS) is 13.1. The Bertz CT molecular complexity index is 577. The summed E-state index contributed by atoms with van der Waals surface area (Å²) in [5.74, 6) is -3.33. The number of carboxylic acid groups (broad SMARTS) is 2. The van der Waals surface area contributed by atoms with Crippen LogP contribution in [0.4, 0.5) is 0 Å². The first-order chi connectivity index (χ1) is 10.8. The van der Waals surface area contributed by atoms with Gasteiger partial charge in [-0.1, -0.05) is 12.1 Å². The molecule has 1 rings (SSSR count). The van der Waals surface area contributed by atoms with Crippen LogP contribution < -0.4 is 5.48 Å². The van der Waals surface area contributed by atoms with Gasteiger partial charge >= 0.3 is 11.9 Å². The fraction of sp³-hybridized carbons (Fsp3) is 0.400. The van der Waals surface area contributed by atoms with E-state index in [0.29, 0.717) is 18.4 Å². The fourth-order valence-corrected chi connectivity index (χ4v) is 2.50. The summed E-state index contributed by atoms with van der Waals surface area (Å²) < 4.78 is 0. The summed E-state index contributed by atoms with van der Waals surface area (Å²) in [6, 6.07) is 6.15. The molecule has 0 fully saturated rings. The number of benzene rings is 1. The quantitative estimate of drug-likeness (QED) is 0.264. The van der Waals surface area contributed by atoms with Crippen LogP contribution in [0, 0.1) is 5.92 Å². The van der Waals surface area contributed by atoms with Gasteiger partial charge in [0.2, 0.25) is 5.91 Å². The standard InChI is InChI=1S/C15H19NO6S/c17-13(16-22)8-12(23)5-4-11(15(20)21)7-9-2-1-3-10(6-9)14(18)19/h1-3,6,11-12,22-23H,4-5,7-8H2,(H,16,17)(H,18,19)(H,20,21). The molecular formula is C15H19NO6S. The van der Waals surface area contributed by atoms with Gasteiger partial charge in [0.05, 0.1) is 11.5 Å². The predicted molar refractivity (Wildman–Crippen MR) is 84.8 cm³/mol. The van der Waals surface area contributed by atoms with Crippen LogP contribution in [0.25, 0.3) is 0 Å². The second-order valence-corrected chi connectivity index (χ2v) is 5.95. The van der Waals surface area contributed by atoms with Gasteiger partial charge in [0.25, 0.3) is 0 Å². The second kappa shape index (κ2) is 9.16. The molecule has 8 heteroatoms. The minimum atomic E-state index is -1.07. The number of thiol groups is 1. The van der Waals surface area contributed by atoms with E-state index in [1.807, 2.05) is 0 Å². The second-order valence-electron chi connectivity index (χ2n) is 5.22. The highest BCUT2D eigenvalue weighted by atomic mass is 32.1. The molecule has 2 unspecified atom stereocenters. The number of hydrogen-bond acceptors (Lipinski definition) is 5. The number of aliphatic carboxylic acids is 1. The zero-order valence-electron chi connectivity index (χ0n) is 12.3. The molecule has 0 radical (unpaired) electrons. The fourth-order valence-electron chi connectivity index (χ4n) is 2.18. The molecule has 0 aliphatic carbocycles. The average Bonchev–Trinajstić information content (AvgIpc) is 2.51. The van der Waals surface area contributed by atoms with Crippen molar-refractivity contribution >= 4 is 30.5 Å². The zero-order valence-corrected chi connectivity index (χ0v) is 13.2. The van der Waals surface area contributed by atoms with E-state index in [1.54, 1.807) is 12.1 Å². The molecule has 2 atom stereocenters. The van der Waals surface area contributed by atoms with Crippen LogP contribution in [0.2, 0.25) is 0 Å². The van der Waals surface area contributed by atoms with Crippen molar-refractivity contribution in [3.05, 3.63) is 35.4 Å². The molecule has 4 N–H and O–H groups in total. The molecule has 7 nitrogen and oxygen atoms in total. The number of carbonyl (C=O) groups excluding carboxylic acids is 1. The molecule has 0 aromatic heterocycles. The van der Waals surface area contributed by atoms with Crippen LogP contribution in [0.15, 0.2) is 24.3 Å². The van der Waals surface area contributed by atoms with Gasteiger partial charge in [-0.15, -0.1) is 0 Å². The summed E-state index contributed by atoms with van der Waals surface area (Å²) in [6.45, 7) is 0. The third-order valence-corrected chi connectivity index (χ3v) is 3.84. The number of nitrogens with one attached hydrogen (secondary N) is 1. The lowest BCUT2D eigenvalue weighted by molar-refractivity contribution is -0.141. The summed E-state index contributed by atoms with van der Waals surface area (Å²) in [5, 5.41) is 26.3. The number of rotatable bonds is 9. The molecule has 0 saturated carbocycles. The number of amides is 1. The molecule has 23 heavy (non-hydrogen) atoms. The lowest BCUT2D eigenvalue weighted by Crippen LogP contribution is -2.23. The first-order valence-corrected chi connectivity index (χ1v) is 7.51. The maximum atomic E-state index is 11.4. The Morgan fingerprint density at radius 1 is 1.17 bits per heavy atom. The molecule has 0 spiro atoms. The molecule has 0 aliphatic heterocycles. The maximum Gasteiger partial charge on any atom is 0.335 e. The third kappa shape index (κ3) is 6.70. The van der Waals surface area contributed by atoms with Gasteiger partial charge in [-0.2, -0.15) is 12.6 Å². The number of hydroxylamine groups is 1. The van der Waals surface area contributed by atoms with Gasteiger partial charge in [-0.3, -0.25) is 14.8 Å². The molecule has 1 aromatic carbocycles. The predicted octanol–water partition coefficient (Wildman–Crippen LogP) is 1.60. The molecule has 1 amide bonds. The smallest absolute Gasteiger partial charge is 0.335 e. The molecule has 0 bridgehead atoms. The van der Waals surface area contributed by atoms with Crippen molar-refractivity contribution < 1.29 is 29.8 Å². The minimum absolute atomic E-state index is 0.0134. The van der Waals surface area contributed by atoms with Crippen molar-refractivity contribution in [3.63, 3.8) is 0 Å². The van der Waals surface area contributed by atoms with Crippen LogP contribution in [0.3, 0.4) is 0 Å². The Morgan fingerprint density at radius 2 is 1.87 bits per heavy atom. The van der Waals surface area contributed by atoms with E-state index in [4.69, 9.17) is 10.3 Å². The lowest BCUT2D eigenvalue weighted by atomic mass is 9.93. The van der Waals surface area contributed by atoms with E-state index in [0.717, 1.165) is 0 Å². The van der Waals surface area contributed by atoms with Crippen molar-refractivity contribution in [1.82, 2.24) is 5.48 Å². The first kappa shape index (κ1) is 19.0. The Morgan fingerprint density at radius 3 is 2.43 bits per heavy atom. The number of carboxylic acids is 2. The summed E-state index contributed by atoms with van der Waals surface area (Å²) >= 11 is 4.19. The molecule has 0 saturated heterocycles.